The van der Waals surface area contributed by atoms with Gasteiger partial charge in [-0.1, -0.05) is 60.7 Å². The second-order valence-electron chi connectivity index (χ2n) is 5.18. The Morgan fingerprint density at radius 1 is 0.826 bits per heavy atom. The van der Waals surface area contributed by atoms with Gasteiger partial charge in [0.2, 0.25) is 0 Å². The van der Waals surface area contributed by atoms with E-state index in [2.05, 4.69) is 23.2 Å². The number of fused-ring (bicyclic) bond motifs is 1. The van der Waals surface area contributed by atoms with E-state index in [0.29, 0.717) is 5.69 Å². The van der Waals surface area contributed by atoms with Gasteiger partial charge in [0, 0.05) is 10.9 Å². The molecule has 23 heavy (non-hydrogen) atoms. The number of nitriles is 1. The van der Waals surface area contributed by atoms with Crippen molar-refractivity contribution in [1.29, 1.82) is 5.26 Å². The van der Waals surface area contributed by atoms with Crippen LogP contribution in [0, 0.1) is 11.3 Å². The Balaban J connectivity index is 2.13. The molecule has 0 saturated carbocycles. The zero-order chi connectivity index (χ0) is 15.6. The van der Waals surface area contributed by atoms with Gasteiger partial charge in [-0.2, -0.15) is 5.26 Å². The first kappa shape index (κ1) is 13.7. The van der Waals surface area contributed by atoms with Gasteiger partial charge < -0.3 is 0 Å². The van der Waals surface area contributed by atoms with Crippen molar-refractivity contribution in [1.82, 2.24) is 4.98 Å². The SMILES string of the molecule is N#Cc1nc(-c2cccs2)c2ccccc2c1-c1ccccc1. The minimum Gasteiger partial charge on any atom is -0.235 e. The van der Waals surface area contributed by atoms with Crippen LogP contribution in [-0.4, -0.2) is 4.98 Å². The topological polar surface area (TPSA) is 36.7 Å². The van der Waals surface area contributed by atoms with Crippen LogP contribution in [0.1, 0.15) is 5.69 Å². The molecule has 0 N–H and O–H groups in total. The van der Waals surface area contributed by atoms with Crippen LogP contribution in [0.5, 0.6) is 0 Å². The van der Waals surface area contributed by atoms with Gasteiger partial charge in [-0.25, -0.2) is 4.98 Å². The van der Waals surface area contributed by atoms with Crippen LogP contribution >= 0.6 is 11.3 Å². The molecule has 2 aromatic carbocycles. The number of hydrogen-bond acceptors (Lipinski definition) is 3. The molecule has 0 unspecified atom stereocenters. The molecule has 0 saturated heterocycles. The largest absolute Gasteiger partial charge is 0.235 e. The summed E-state index contributed by atoms with van der Waals surface area (Å²) in [5.74, 6) is 0. The average Bonchev–Trinajstić information content (AvgIpc) is 3.15. The van der Waals surface area contributed by atoms with Crippen molar-refractivity contribution in [2.24, 2.45) is 0 Å². The van der Waals surface area contributed by atoms with E-state index in [1.54, 1.807) is 11.3 Å². The molecule has 0 aliphatic heterocycles. The van der Waals surface area contributed by atoms with Crippen molar-refractivity contribution in [3.05, 3.63) is 77.8 Å². The fraction of sp³-hybridized carbons (Fsp3) is 0. The Labute approximate surface area is 138 Å². The fourth-order valence-electron chi connectivity index (χ4n) is 2.84. The van der Waals surface area contributed by atoms with Gasteiger partial charge in [0.05, 0.1) is 10.6 Å². The minimum absolute atomic E-state index is 0.471. The van der Waals surface area contributed by atoms with E-state index < -0.39 is 0 Å². The Bertz CT molecular complexity index is 1010. The molecule has 2 heterocycles. The Morgan fingerprint density at radius 2 is 1.57 bits per heavy atom. The van der Waals surface area contributed by atoms with Crippen LogP contribution in [-0.2, 0) is 0 Å². The number of thiophene rings is 1. The molecule has 0 aliphatic rings. The molecular weight excluding hydrogens is 300 g/mol. The summed E-state index contributed by atoms with van der Waals surface area (Å²) in [7, 11) is 0. The van der Waals surface area contributed by atoms with Crippen molar-refractivity contribution < 1.29 is 0 Å². The molecule has 0 bridgehead atoms. The van der Waals surface area contributed by atoms with Crippen LogP contribution in [0.2, 0.25) is 0 Å². The van der Waals surface area contributed by atoms with Gasteiger partial charge in [0.1, 0.15) is 11.8 Å². The highest BCUT2D eigenvalue weighted by molar-refractivity contribution is 7.13. The molecule has 0 spiro atoms. The summed E-state index contributed by atoms with van der Waals surface area (Å²) in [5, 5.41) is 13.8. The Hall–Kier alpha value is -2.96. The summed E-state index contributed by atoms with van der Waals surface area (Å²) < 4.78 is 0. The zero-order valence-corrected chi connectivity index (χ0v) is 13.0. The first-order valence-corrected chi connectivity index (χ1v) is 8.18. The molecule has 0 fully saturated rings. The zero-order valence-electron chi connectivity index (χ0n) is 12.2. The monoisotopic (exact) mass is 312 g/mol. The lowest BCUT2D eigenvalue weighted by atomic mass is 9.96. The first-order chi connectivity index (χ1) is 11.4. The summed E-state index contributed by atoms with van der Waals surface area (Å²) in [4.78, 5) is 5.77. The second kappa shape index (κ2) is 5.68. The second-order valence-corrected chi connectivity index (χ2v) is 6.13. The van der Waals surface area contributed by atoms with Crippen molar-refractivity contribution in [3.8, 4) is 27.8 Å². The van der Waals surface area contributed by atoms with E-state index >= 15 is 0 Å². The molecule has 0 amide bonds. The molecule has 0 atom stereocenters. The molecule has 4 aromatic rings. The molecule has 4 rings (SSSR count). The third-order valence-electron chi connectivity index (χ3n) is 3.83. The van der Waals surface area contributed by atoms with E-state index in [1.165, 1.54) is 0 Å². The van der Waals surface area contributed by atoms with Crippen molar-refractivity contribution in [2.75, 3.05) is 0 Å². The maximum Gasteiger partial charge on any atom is 0.149 e. The predicted molar refractivity (Wildman–Crippen MR) is 95.2 cm³/mol. The standard InChI is InChI=1S/C20H12N2S/c21-13-17-19(14-7-2-1-3-8-14)15-9-4-5-10-16(15)20(22-17)18-11-6-12-23-18/h1-12H. The molecule has 2 nitrogen and oxygen atoms in total. The molecule has 0 radical (unpaired) electrons. The van der Waals surface area contributed by atoms with Gasteiger partial charge in [-0.3, -0.25) is 0 Å². The highest BCUT2D eigenvalue weighted by Gasteiger charge is 2.16. The quantitative estimate of drug-likeness (QED) is 0.490. The Kier molecular flexibility index (Phi) is 3.38. The number of nitrogens with zero attached hydrogens (tertiary/aromatic N) is 2. The third kappa shape index (κ3) is 2.30. The summed E-state index contributed by atoms with van der Waals surface area (Å²) in [5.41, 5.74) is 3.28. The highest BCUT2D eigenvalue weighted by Crippen LogP contribution is 2.37. The predicted octanol–water partition coefficient (Wildman–Crippen LogP) is 5.50. The van der Waals surface area contributed by atoms with Gasteiger partial charge in [-0.05, 0) is 22.4 Å². The number of hydrogen-bond donors (Lipinski definition) is 0. The van der Waals surface area contributed by atoms with E-state index in [0.717, 1.165) is 32.5 Å². The lowest BCUT2D eigenvalue weighted by molar-refractivity contribution is 1.30. The maximum atomic E-state index is 9.65. The van der Waals surface area contributed by atoms with Gasteiger partial charge in [0.25, 0.3) is 0 Å². The summed E-state index contributed by atoms with van der Waals surface area (Å²) in [6, 6.07) is 24.5. The van der Waals surface area contributed by atoms with E-state index in [4.69, 9.17) is 0 Å². The smallest absolute Gasteiger partial charge is 0.149 e. The van der Waals surface area contributed by atoms with Crippen molar-refractivity contribution in [2.45, 2.75) is 0 Å². The van der Waals surface area contributed by atoms with Crippen LogP contribution in [0.25, 0.3) is 32.5 Å². The number of benzene rings is 2. The molecule has 0 aliphatic carbocycles. The summed E-state index contributed by atoms with van der Waals surface area (Å²) in [6.45, 7) is 0. The first-order valence-electron chi connectivity index (χ1n) is 7.30. The van der Waals surface area contributed by atoms with Gasteiger partial charge >= 0.3 is 0 Å². The van der Waals surface area contributed by atoms with E-state index in [-0.39, 0.29) is 0 Å². The summed E-state index contributed by atoms with van der Waals surface area (Å²) in [6.07, 6.45) is 0. The molecule has 3 heteroatoms. The normalized spacial score (nSPS) is 10.6. The molecule has 108 valence electrons. The number of pyridine rings is 1. The third-order valence-corrected chi connectivity index (χ3v) is 4.71. The maximum absolute atomic E-state index is 9.65. The van der Waals surface area contributed by atoms with Crippen LogP contribution in [0.3, 0.4) is 0 Å². The lowest BCUT2D eigenvalue weighted by Gasteiger charge is -2.12. The number of aromatic nitrogens is 1. The van der Waals surface area contributed by atoms with Crippen LogP contribution in [0.4, 0.5) is 0 Å². The fourth-order valence-corrected chi connectivity index (χ4v) is 3.57. The van der Waals surface area contributed by atoms with Gasteiger partial charge in [-0.15, -0.1) is 11.3 Å². The van der Waals surface area contributed by atoms with E-state index in [1.807, 2.05) is 60.0 Å². The van der Waals surface area contributed by atoms with Gasteiger partial charge in [0.15, 0.2) is 0 Å². The lowest BCUT2D eigenvalue weighted by Crippen LogP contribution is -1.95. The summed E-state index contributed by atoms with van der Waals surface area (Å²) >= 11 is 1.64. The van der Waals surface area contributed by atoms with Crippen molar-refractivity contribution in [3.63, 3.8) is 0 Å². The van der Waals surface area contributed by atoms with Crippen molar-refractivity contribution >= 4 is 22.1 Å². The average molecular weight is 312 g/mol. The number of rotatable bonds is 2. The van der Waals surface area contributed by atoms with E-state index in [9.17, 15) is 5.26 Å². The molecular formula is C20H12N2S. The highest BCUT2D eigenvalue weighted by atomic mass is 32.1. The molecule has 2 aromatic heterocycles. The Morgan fingerprint density at radius 3 is 2.26 bits per heavy atom. The minimum atomic E-state index is 0.471. The van der Waals surface area contributed by atoms with Crippen LogP contribution in [0.15, 0.2) is 72.1 Å². The van der Waals surface area contributed by atoms with Crippen LogP contribution < -0.4 is 0 Å².